The molecule has 2 heterocycles. The third-order valence-corrected chi connectivity index (χ3v) is 3.14. The molecule has 0 aliphatic heterocycles. The van der Waals surface area contributed by atoms with Crippen LogP contribution < -0.4 is 11.1 Å². The summed E-state index contributed by atoms with van der Waals surface area (Å²) >= 11 is 1.46. The van der Waals surface area contributed by atoms with E-state index in [9.17, 15) is 4.79 Å². The van der Waals surface area contributed by atoms with Crippen LogP contribution in [0.15, 0.2) is 17.6 Å². The maximum Gasteiger partial charge on any atom is 0.249 e. The highest BCUT2D eigenvalue weighted by Gasteiger charge is 2.11. The zero-order valence-electron chi connectivity index (χ0n) is 9.52. The number of nitrogens with two attached hydrogens (primary N) is 1. The van der Waals surface area contributed by atoms with Gasteiger partial charge in [-0.05, 0) is 25.5 Å². The zero-order chi connectivity index (χ0) is 12.4. The summed E-state index contributed by atoms with van der Waals surface area (Å²) in [6.45, 7) is 3.67. The number of pyridine rings is 1. The van der Waals surface area contributed by atoms with Crippen molar-refractivity contribution >= 4 is 28.2 Å². The number of thiazole rings is 1. The van der Waals surface area contributed by atoms with Gasteiger partial charge in [0.2, 0.25) is 5.91 Å². The van der Waals surface area contributed by atoms with Gasteiger partial charge in [0.15, 0.2) is 5.13 Å². The monoisotopic (exact) mass is 248 g/mol. The van der Waals surface area contributed by atoms with Crippen molar-refractivity contribution in [2.75, 3.05) is 5.32 Å². The van der Waals surface area contributed by atoms with E-state index in [4.69, 9.17) is 5.73 Å². The Morgan fingerprint density at radius 2 is 2.24 bits per heavy atom. The van der Waals surface area contributed by atoms with Crippen LogP contribution in [0.25, 0.3) is 0 Å². The maximum atomic E-state index is 11.3. The molecule has 2 aromatic heterocycles. The Balaban J connectivity index is 2.39. The first-order valence-corrected chi connectivity index (χ1v) is 5.90. The number of amides is 1. The maximum absolute atomic E-state index is 11.3. The van der Waals surface area contributed by atoms with Gasteiger partial charge in [0.1, 0.15) is 5.82 Å². The van der Waals surface area contributed by atoms with Crippen LogP contribution in [-0.2, 0) is 0 Å². The summed E-state index contributed by atoms with van der Waals surface area (Å²) in [6.07, 6.45) is 1.70. The van der Waals surface area contributed by atoms with E-state index in [1.54, 1.807) is 12.3 Å². The van der Waals surface area contributed by atoms with Crippen molar-refractivity contribution in [1.29, 1.82) is 0 Å². The molecule has 0 radical (unpaired) electrons. The van der Waals surface area contributed by atoms with Crippen LogP contribution >= 0.6 is 11.3 Å². The average Bonchev–Trinajstić information content (AvgIpc) is 2.75. The predicted octanol–water partition coefficient (Wildman–Crippen LogP) is 2.00. The summed E-state index contributed by atoms with van der Waals surface area (Å²) in [5, 5.41) is 5.63. The van der Waals surface area contributed by atoms with E-state index in [0.717, 1.165) is 16.4 Å². The van der Waals surface area contributed by atoms with Gasteiger partial charge in [-0.3, -0.25) is 4.79 Å². The van der Waals surface area contributed by atoms with E-state index in [2.05, 4.69) is 15.3 Å². The summed E-state index contributed by atoms with van der Waals surface area (Å²) in [7, 11) is 0. The Kier molecular flexibility index (Phi) is 3.06. The van der Waals surface area contributed by atoms with Gasteiger partial charge >= 0.3 is 0 Å². The van der Waals surface area contributed by atoms with Crippen molar-refractivity contribution in [2.24, 2.45) is 5.73 Å². The quantitative estimate of drug-likeness (QED) is 0.870. The minimum Gasteiger partial charge on any atom is -0.366 e. The minimum atomic E-state index is -0.449. The number of carbonyl (C=O) groups excluding carboxylic acids is 1. The van der Waals surface area contributed by atoms with Crippen molar-refractivity contribution < 1.29 is 4.79 Å². The summed E-state index contributed by atoms with van der Waals surface area (Å²) in [5.74, 6) is 0.132. The molecule has 0 spiro atoms. The van der Waals surface area contributed by atoms with Crippen LogP contribution in [0.1, 0.15) is 21.6 Å². The summed E-state index contributed by atoms with van der Waals surface area (Å²) in [6, 6.07) is 1.64. The standard InChI is InChI=1S/C11H12N4OS/c1-6-7(2)14-9(5-8(6)10(12)16)15-11-13-3-4-17-11/h3-5H,1-2H3,(H2,12,16)(H,13,14,15). The number of primary amides is 1. The fourth-order valence-corrected chi connectivity index (χ4v) is 1.99. The molecule has 0 fully saturated rings. The van der Waals surface area contributed by atoms with Gasteiger partial charge in [-0.2, -0.15) is 0 Å². The van der Waals surface area contributed by atoms with Crippen LogP contribution in [-0.4, -0.2) is 15.9 Å². The van der Waals surface area contributed by atoms with Crippen LogP contribution in [0.5, 0.6) is 0 Å². The van der Waals surface area contributed by atoms with E-state index >= 15 is 0 Å². The Hall–Kier alpha value is -1.95. The first kappa shape index (κ1) is 11.5. The lowest BCUT2D eigenvalue weighted by Gasteiger charge is -2.09. The highest BCUT2D eigenvalue weighted by molar-refractivity contribution is 7.13. The largest absolute Gasteiger partial charge is 0.366 e. The lowest BCUT2D eigenvalue weighted by molar-refractivity contribution is 0.0999. The second-order valence-electron chi connectivity index (χ2n) is 3.59. The van der Waals surface area contributed by atoms with Gasteiger partial charge in [0.25, 0.3) is 0 Å². The number of nitrogens with one attached hydrogen (secondary N) is 1. The number of rotatable bonds is 3. The molecule has 0 aliphatic carbocycles. The summed E-state index contributed by atoms with van der Waals surface area (Å²) in [4.78, 5) is 19.7. The smallest absolute Gasteiger partial charge is 0.249 e. The molecule has 5 nitrogen and oxygen atoms in total. The Morgan fingerprint density at radius 1 is 1.47 bits per heavy atom. The Bertz CT molecular complexity index is 551. The summed E-state index contributed by atoms with van der Waals surface area (Å²) < 4.78 is 0. The molecule has 0 aromatic carbocycles. The molecule has 0 saturated carbocycles. The molecule has 0 unspecified atom stereocenters. The molecular formula is C11H12N4OS. The van der Waals surface area contributed by atoms with E-state index < -0.39 is 5.91 Å². The molecule has 0 atom stereocenters. The van der Waals surface area contributed by atoms with Crippen LogP contribution in [0, 0.1) is 13.8 Å². The normalized spacial score (nSPS) is 10.2. The van der Waals surface area contributed by atoms with Gasteiger partial charge in [0, 0.05) is 22.8 Å². The molecule has 2 aromatic rings. The van der Waals surface area contributed by atoms with Crippen molar-refractivity contribution in [3.63, 3.8) is 0 Å². The Morgan fingerprint density at radius 3 is 2.82 bits per heavy atom. The first-order chi connectivity index (χ1) is 8.08. The molecule has 0 aliphatic rings. The van der Waals surface area contributed by atoms with Crippen molar-refractivity contribution in [3.8, 4) is 0 Å². The number of carbonyl (C=O) groups is 1. The predicted molar refractivity (Wildman–Crippen MR) is 67.6 cm³/mol. The highest BCUT2D eigenvalue weighted by Crippen LogP contribution is 2.20. The molecule has 17 heavy (non-hydrogen) atoms. The van der Waals surface area contributed by atoms with Crippen molar-refractivity contribution in [3.05, 3.63) is 34.5 Å². The SMILES string of the molecule is Cc1nc(Nc2nccs2)cc(C(N)=O)c1C. The molecule has 1 amide bonds. The number of nitrogens with zero attached hydrogens (tertiary/aromatic N) is 2. The van der Waals surface area contributed by atoms with E-state index in [0.29, 0.717) is 11.4 Å². The van der Waals surface area contributed by atoms with Gasteiger partial charge in [-0.15, -0.1) is 11.3 Å². The molecule has 3 N–H and O–H groups in total. The zero-order valence-corrected chi connectivity index (χ0v) is 10.3. The molecule has 88 valence electrons. The molecule has 0 bridgehead atoms. The fraction of sp³-hybridized carbons (Fsp3) is 0.182. The van der Waals surface area contributed by atoms with E-state index in [1.165, 1.54) is 11.3 Å². The van der Waals surface area contributed by atoms with Crippen LogP contribution in [0.4, 0.5) is 10.9 Å². The van der Waals surface area contributed by atoms with E-state index in [-0.39, 0.29) is 0 Å². The number of hydrogen-bond donors (Lipinski definition) is 2. The molecule has 6 heteroatoms. The molecule has 2 rings (SSSR count). The number of anilines is 2. The summed E-state index contributed by atoms with van der Waals surface area (Å²) in [5.41, 5.74) is 7.39. The average molecular weight is 248 g/mol. The third kappa shape index (κ3) is 2.42. The van der Waals surface area contributed by atoms with Gasteiger partial charge in [-0.1, -0.05) is 0 Å². The number of aromatic nitrogens is 2. The van der Waals surface area contributed by atoms with E-state index in [1.807, 2.05) is 19.2 Å². The second-order valence-corrected chi connectivity index (χ2v) is 4.49. The fourth-order valence-electron chi connectivity index (χ4n) is 1.45. The topological polar surface area (TPSA) is 80.9 Å². The lowest BCUT2D eigenvalue weighted by Crippen LogP contribution is -2.14. The second kappa shape index (κ2) is 4.50. The number of aryl methyl sites for hydroxylation is 1. The Labute approximate surface area is 103 Å². The highest BCUT2D eigenvalue weighted by atomic mass is 32.1. The molecular weight excluding hydrogens is 236 g/mol. The van der Waals surface area contributed by atoms with Crippen LogP contribution in [0.2, 0.25) is 0 Å². The number of hydrogen-bond acceptors (Lipinski definition) is 5. The third-order valence-electron chi connectivity index (χ3n) is 2.45. The van der Waals surface area contributed by atoms with Crippen molar-refractivity contribution in [1.82, 2.24) is 9.97 Å². The minimum absolute atomic E-state index is 0.449. The molecule has 0 saturated heterocycles. The van der Waals surface area contributed by atoms with Gasteiger partial charge in [-0.25, -0.2) is 9.97 Å². The first-order valence-electron chi connectivity index (χ1n) is 5.02. The lowest BCUT2D eigenvalue weighted by atomic mass is 10.1. The van der Waals surface area contributed by atoms with Crippen LogP contribution in [0.3, 0.4) is 0 Å². The van der Waals surface area contributed by atoms with Gasteiger partial charge < -0.3 is 11.1 Å². The van der Waals surface area contributed by atoms with Crippen molar-refractivity contribution in [2.45, 2.75) is 13.8 Å². The van der Waals surface area contributed by atoms with Gasteiger partial charge in [0.05, 0.1) is 0 Å².